The lowest BCUT2D eigenvalue weighted by molar-refractivity contribution is -0.128. The van der Waals surface area contributed by atoms with E-state index < -0.39 is 16.1 Å². The van der Waals surface area contributed by atoms with E-state index in [1.54, 1.807) is 31.2 Å². The zero-order chi connectivity index (χ0) is 19.6. The minimum absolute atomic E-state index is 0.0420. The van der Waals surface area contributed by atoms with Gasteiger partial charge in [0.2, 0.25) is 10.0 Å². The summed E-state index contributed by atoms with van der Waals surface area (Å²) in [5, 5.41) is 2.92. The molecular formula is C20H24N2O4S. The maximum Gasteiger partial charge on any atom is 0.263 e. The standard InChI is InChI=1S/C20H24N2O4S/c1-4-27(24,25)22-13-19(26-18-8-6-5-7-17(18)22)20(23)21-15(3)16-11-9-14(2)10-12-16/h5-12,15,19H,4,13H2,1-3H3,(H,21,23). The summed E-state index contributed by atoms with van der Waals surface area (Å²) in [4.78, 5) is 12.8. The molecule has 6 nitrogen and oxygen atoms in total. The molecule has 0 aromatic heterocycles. The molecule has 0 aliphatic carbocycles. The number of para-hydroxylation sites is 2. The SMILES string of the molecule is CCS(=O)(=O)N1CC(C(=O)NC(C)c2ccc(C)cc2)Oc2ccccc21. The average molecular weight is 388 g/mol. The highest BCUT2D eigenvalue weighted by Crippen LogP contribution is 2.35. The van der Waals surface area contributed by atoms with Crippen LogP contribution >= 0.6 is 0 Å². The van der Waals surface area contributed by atoms with Gasteiger partial charge in [0, 0.05) is 0 Å². The molecule has 2 aromatic carbocycles. The smallest absolute Gasteiger partial charge is 0.263 e. The number of carbonyl (C=O) groups is 1. The number of benzene rings is 2. The van der Waals surface area contributed by atoms with Crippen molar-refractivity contribution in [3.63, 3.8) is 0 Å². The fraction of sp³-hybridized carbons (Fsp3) is 0.350. The fourth-order valence-corrected chi connectivity index (χ4v) is 4.13. The monoisotopic (exact) mass is 388 g/mol. The lowest BCUT2D eigenvalue weighted by Crippen LogP contribution is -2.51. The number of hydrogen-bond acceptors (Lipinski definition) is 4. The van der Waals surface area contributed by atoms with Gasteiger partial charge in [0.05, 0.1) is 24.0 Å². The van der Waals surface area contributed by atoms with Gasteiger partial charge in [-0.05, 0) is 38.5 Å². The molecule has 3 rings (SSSR count). The normalized spacial score (nSPS) is 17.6. The van der Waals surface area contributed by atoms with Crippen LogP contribution in [0.1, 0.15) is 31.0 Å². The topological polar surface area (TPSA) is 75.7 Å². The first kappa shape index (κ1) is 19.2. The predicted octanol–water partition coefficient (Wildman–Crippen LogP) is 2.79. The molecule has 1 N–H and O–H groups in total. The van der Waals surface area contributed by atoms with E-state index in [2.05, 4.69) is 5.32 Å². The van der Waals surface area contributed by atoms with Gasteiger partial charge in [-0.25, -0.2) is 8.42 Å². The number of aryl methyl sites for hydroxylation is 1. The summed E-state index contributed by atoms with van der Waals surface area (Å²) in [5.41, 5.74) is 2.59. The van der Waals surface area contributed by atoms with Gasteiger partial charge in [-0.15, -0.1) is 0 Å². The first-order valence-electron chi connectivity index (χ1n) is 8.95. The molecule has 0 bridgehead atoms. The van der Waals surface area contributed by atoms with Crippen molar-refractivity contribution < 1.29 is 17.9 Å². The first-order valence-corrected chi connectivity index (χ1v) is 10.6. The van der Waals surface area contributed by atoms with Crippen molar-refractivity contribution >= 4 is 21.6 Å². The van der Waals surface area contributed by atoms with Gasteiger partial charge >= 0.3 is 0 Å². The third kappa shape index (κ3) is 4.08. The Kier molecular flexibility index (Phi) is 5.41. The number of nitrogens with one attached hydrogen (secondary N) is 1. The highest BCUT2D eigenvalue weighted by molar-refractivity contribution is 7.92. The van der Waals surface area contributed by atoms with Gasteiger partial charge in [0.1, 0.15) is 5.75 Å². The molecule has 1 heterocycles. The molecule has 2 aromatic rings. The summed E-state index contributed by atoms with van der Waals surface area (Å²) in [6, 6.07) is 14.6. The second-order valence-corrected chi connectivity index (χ2v) is 8.83. The number of hydrogen-bond donors (Lipinski definition) is 1. The maximum absolute atomic E-state index is 12.8. The highest BCUT2D eigenvalue weighted by Gasteiger charge is 2.36. The van der Waals surface area contributed by atoms with Crippen LogP contribution in [0.3, 0.4) is 0 Å². The van der Waals surface area contributed by atoms with Crippen molar-refractivity contribution in [3.8, 4) is 5.75 Å². The van der Waals surface area contributed by atoms with Gasteiger partial charge in [0.25, 0.3) is 5.91 Å². The molecule has 2 unspecified atom stereocenters. The Labute approximate surface area is 160 Å². The Balaban J connectivity index is 1.80. The van der Waals surface area contributed by atoms with E-state index in [1.807, 2.05) is 38.1 Å². The van der Waals surface area contributed by atoms with Gasteiger partial charge in [-0.1, -0.05) is 42.0 Å². The van der Waals surface area contributed by atoms with E-state index in [-0.39, 0.29) is 24.2 Å². The molecule has 0 saturated heterocycles. The number of sulfonamides is 1. The summed E-state index contributed by atoms with van der Waals surface area (Å²) >= 11 is 0. The van der Waals surface area contributed by atoms with Gasteiger partial charge < -0.3 is 10.1 Å². The molecule has 1 amide bonds. The number of fused-ring (bicyclic) bond motifs is 1. The van der Waals surface area contributed by atoms with Crippen LogP contribution in [0, 0.1) is 6.92 Å². The van der Waals surface area contributed by atoms with E-state index in [0.717, 1.165) is 11.1 Å². The number of nitrogens with zero attached hydrogens (tertiary/aromatic N) is 1. The molecule has 2 atom stereocenters. The number of rotatable bonds is 5. The number of carbonyl (C=O) groups excluding carboxylic acids is 1. The second-order valence-electron chi connectivity index (χ2n) is 6.65. The van der Waals surface area contributed by atoms with Crippen LogP contribution < -0.4 is 14.4 Å². The third-order valence-electron chi connectivity index (χ3n) is 4.66. The predicted molar refractivity (Wildman–Crippen MR) is 105 cm³/mol. The van der Waals surface area contributed by atoms with Crippen LogP contribution in [0.25, 0.3) is 0 Å². The lowest BCUT2D eigenvalue weighted by Gasteiger charge is -2.35. The van der Waals surface area contributed by atoms with E-state index >= 15 is 0 Å². The van der Waals surface area contributed by atoms with Crippen LogP contribution in [0.4, 0.5) is 5.69 Å². The maximum atomic E-state index is 12.8. The van der Waals surface area contributed by atoms with Gasteiger partial charge in [-0.3, -0.25) is 9.10 Å². The van der Waals surface area contributed by atoms with Crippen LogP contribution in [-0.2, 0) is 14.8 Å². The minimum Gasteiger partial charge on any atom is -0.476 e. The molecule has 0 saturated carbocycles. The van der Waals surface area contributed by atoms with E-state index in [9.17, 15) is 13.2 Å². The summed E-state index contributed by atoms with van der Waals surface area (Å²) < 4.78 is 32.1. The molecule has 27 heavy (non-hydrogen) atoms. The van der Waals surface area contributed by atoms with Crippen molar-refractivity contribution in [1.29, 1.82) is 0 Å². The van der Waals surface area contributed by atoms with Crippen molar-refractivity contribution in [2.75, 3.05) is 16.6 Å². The molecule has 0 radical (unpaired) electrons. The van der Waals surface area contributed by atoms with Crippen LogP contribution in [0.5, 0.6) is 5.75 Å². The molecule has 1 aliphatic heterocycles. The van der Waals surface area contributed by atoms with Gasteiger partial charge in [0.15, 0.2) is 6.10 Å². The highest BCUT2D eigenvalue weighted by atomic mass is 32.2. The zero-order valence-electron chi connectivity index (χ0n) is 15.7. The van der Waals surface area contributed by atoms with Crippen molar-refractivity contribution in [1.82, 2.24) is 5.32 Å². The Hall–Kier alpha value is -2.54. The summed E-state index contributed by atoms with van der Waals surface area (Å²) in [6.45, 7) is 5.44. The number of ether oxygens (including phenoxy) is 1. The Morgan fingerprint density at radius 1 is 1.22 bits per heavy atom. The third-order valence-corrected chi connectivity index (χ3v) is 6.41. The summed E-state index contributed by atoms with van der Waals surface area (Å²) in [6.07, 6.45) is -0.908. The van der Waals surface area contributed by atoms with Crippen molar-refractivity contribution in [3.05, 3.63) is 59.7 Å². The largest absolute Gasteiger partial charge is 0.476 e. The van der Waals surface area contributed by atoms with E-state index in [1.165, 1.54) is 4.31 Å². The second kappa shape index (κ2) is 7.60. The first-order chi connectivity index (χ1) is 12.8. The van der Waals surface area contributed by atoms with Crippen LogP contribution in [0.15, 0.2) is 48.5 Å². The minimum atomic E-state index is -3.51. The molecule has 0 spiro atoms. The lowest BCUT2D eigenvalue weighted by atomic mass is 10.1. The van der Waals surface area contributed by atoms with E-state index in [0.29, 0.717) is 11.4 Å². The molecule has 7 heteroatoms. The molecule has 144 valence electrons. The van der Waals surface area contributed by atoms with E-state index in [4.69, 9.17) is 4.74 Å². The van der Waals surface area contributed by atoms with Crippen LogP contribution in [0.2, 0.25) is 0 Å². The Morgan fingerprint density at radius 2 is 1.89 bits per heavy atom. The zero-order valence-corrected chi connectivity index (χ0v) is 16.5. The number of anilines is 1. The Morgan fingerprint density at radius 3 is 2.56 bits per heavy atom. The van der Waals surface area contributed by atoms with Gasteiger partial charge in [-0.2, -0.15) is 0 Å². The average Bonchev–Trinajstić information content (AvgIpc) is 2.67. The summed E-state index contributed by atoms with van der Waals surface area (Å²) in [7, 11) is -3.51. The Bertz CT molecular complexity index is 925. The fourth-order valence-electron chi connectivity index (χ4n) is 3.00. The van der Waals surface area contributed by atoms with Crippen molar-refractivity contribution in [2.45, 2.75) is 32.9 Å². The van der Waals surface area contributed by atoms with Crippen LogP contribution in [-0.4, -0.2) is 32.7 Å². The number of amides is 1. The molecule has 1 aliphatic rings. The quantitative estimate of drug-likeness (QED) is 0.855. The molecule has 0 fully saturated rings. The molecular weight excluding hydrogens is 364 g/mol. The van der Waals surface area contributed by atoms with Crippen molar-refractivity contribution in [2.24, 2.45) is 0 Å². The summed E-state index contributed by atoms with van der Waals surface area (Å²) in [5.74, 6) is 0.00733.